The maximum absolute atomic E-state index is 13.4. The predicted octanol–water partition coefficient (Wildman–Crippen LogP) is 3.36. The van der Waals surface area contributed by atoms with Gasteiger partial charge in [-0.3, -0.25) is 9.10 Å². The molecule has 1 saturated heterocycles. The van der Waals surface area contributed by atoms with Crippen LogP contribution in [0.2, 0.25) is 0 Å². The van der Waals surface area contributed by atoms with Crippen LogP contribution in [-0.4, -0.2) is 45.4 Å². The number of anilines is 1. The molecule has 0 radical (unpaired) electrons. The molecule has 1 aliphatic heterocycles. The van der Waals surface area contributed by atoms with Crippen LogP contribution in [0.25, 0.3) is 0 Å². The summed E-state index contributed by atoms with van der Waals surface area (Å²) >= 11 is 0. The molecule has 168 valence electrons. The zero-order chi connectivity index (χ0) is 22.4. The number of nitrogens with one attached hydrogen (secondary N) is 1. The molecule has 1 amide bonds. The summed E-state index contributed by atoms with van der Waals surface area (Å²) in [4.78, 5) is 12.9. The molecular formula is C23H31N3O4S. The molecule has 1 N–H and O–H groups in total. The van der Waals surface area contributed by atoms with E-state index in [-0.39, 0.29) is 24.4 Å². The maximum atomic E-state index is 13.4. The highest BCUT2D eigenvalue weighted by molar-refractivity contribution is 7.90. The zero-order valence-corrected chi connectivity index (χ0v) is 19.1. The Morgan fingerprint density at radius 2 is 1.87 bits per heavy atom. The maximum Gasteiger partial charge on any atom is 0.304 e. The SMILES string of the molecule is CCN(c1ccc(OC)cc1)S(=O)(=O)N1CCC[C@@H](C(=O)N[C@H](C)c2ccccc2)C1. The molecule has 1 heterocycles. The minimum atomic E-state index is -3.75. The van der Waals surface area contributed by atoms with Crippen molar-refractivity contribution in [2.45, 2.75) is 32.7 Å². The van der Waals surface area contributed by atoms with Crippen molar-refractivity contribution in [3.8, 4) is 5.75 Å². The molecule has 2 aromatic rings. The summed E-state index contributed by atoms with van der Waals surface area (Å²) in [6.07, 6.45) is 1.32. The van der Waals surface area contributed by atoms with Crippen molar-refractivity contribution in [3.63, 3.8) is 0 Å². The molecule has 1 fully saturated rings. The molecule has 31 heavy (non-hydrogen) atoms. The van der Waals surface area contributed by atoms with E-state index in [0.29, 0.717) is 37.4 Å². The lowest BCUT2D eigenvalue weighted by Gasteiger charge is -2.35. The number of methoxy groups -OCH3 is 1. The lowest BCUT2D eigenvalue weighted by Crippen LogP contribution is -2.50. The molecule has 7 nitrogen and oxygen atoms in total. The van der Waals surface area contributed by atoms with E-state index >= 15 is 0 Å². The standard InChI is InChI=1S/C23H31N3O4S/c1-4-26(21-12-14-22(30-3)15-13-21)31(28,29)25-16-8-11-20(17-25)23(27)24-18(2)19-9-6-5-7-10-19/h5-7,9-10,12-15,18,20H,4,8,11,16-17H2,1-3H3,(H,24,27)/t18-,20-/m1/s1. The first-order chi connectivity index (χ1) is 14.9. The third-order valence-corrected chi connectivity index (χ3v) is 7.68. The second-order valence-electron chi connectivity index (χ2n) is 7.71. The van der Waals surface area contributed by atoms with Gasteiger partial charge in [0.05, 0.1) is 24.8 Å². The number of hydrogen-bond donors (Lipinski definition) is 1. The summed E-state index contributed by atoms with van der Waals surface area (Å²) in [6, 6.07) is 16.6. The first kappa shape index (κ1) is 23.1. The lowest BCUT2D eigenvalue weighted by atomic mass is 9.98. The molecule has 2 aromatic carbocycles. The third-order valence-electron chi connectivity index (χ3n) is 5.67. The second kappa shape index (κ2) is 10.2. The summed E-state index contributed by atoms with van der Waals surface area (Å²) in [7, 11) is -2.18. The Hall–Kier alpha value is -2.58. The van der Waals surface area contributed by atoms with Gasteiger partial charge in [0, 0.05) is 19.6 Å². The molecule has 8 heteroatoms. The van der Waals surface area contributed by atoms with Gasteiger partial charge in [0.15, 0.2) is 0 Å². The van der Waals surface area contributed by atoms with E-state index in [9.17, 15) is 13.2 Å². The molecule has 0 aliphatic carbocycles. The van der Waals surface area contributed by atoms with Crippen LogP contribution >= 0.6 is 0 Å². The van der Waals surface area contributed by atoms with Crippen LogP contribution in [-0.2, 0) is 15.0 Å². The molecule has 0 spiro atoms. The van der Waals surface area contributed by atoms with E-state index < -0.39 is 10.2 Å². The first-order valence-electron chi connectivity index (χ1n) is 10.6. The van der Waals surface area contributed by atoms with Crippen molar-refractivity contribution in [1.29, 1.82) is 0 Å². The number of ether oxygens (including phenoxy) is 1. The molecule has 3 rings (SSSR count). The molecular weight excluding hydrogens is 414 g/mol. The molecule has 1 aliphatic rings. The fraction of sp³-hybridized carbons (Fsp3) is 0.435. The van der Waals surface area contributed by atoms with Gasteiger partial charge in [-0.05, 0) is 56.5 Å². The van der Waals surface area contributed by atoms with Crippen LogP contribution in [0.1, 0.15) is 38.3 Å². The van der Waals surface area contributed by atoms with Gasteiger partial charge in [-0.1, -0.05) is 30.3 Å². The van der Waals surface area contributed by atoms with Gasteiger partial charge in [0.1, 0.15) is 5.75 Å². The molecule has 0 aromatic heterocycles. The smallest absolute Gasteiger partial charge is 0.304 e. The highest BCUT2D eigenvalue weighted by atomic mass is 32.2. The van der Waals surface area contributed by atoms with Crippen molar-refractivity contribution in [2.75, 3.05) is 31.0 Å². The van der Waals surface area contributed by atoms with Crippen LogP contribution in [0.4, 0.5) is 5.69 Å². The van der Waals surface area contributed by atoms with E-state index in [1.165, 1.54) is 8.61 Å². The largest absolute Gasteiger partial charge is 0.497 e. The second-order valence-corrected chi connectivity index (χ2v) is 9.56. The van der Waals surface area contributed by atoms with E-state index in [4.69, 9.17) is 4.74 Å². The van der Waals surface area contributed by atoms with Crippen LogP contribution < -0.4 is 14.4 Å². The average Bonchev–Trinajstić information content (AvgIpc) is 2.80. The van der Waals surface area contributed by atoms with Crippen molar-refractivity contribution in [3.05, 3.63) is 60.2 Å². The van der Waals surface area contributed by atoms with Gasteiger partial charge in [-0.15, -0.1) is 0 Å². The molecule has 0 saturated carbocycles. The Morgan fingerprint density at radius 3 is 2.48 bits per heavy atom. The third kappa shape index (κ3) is 5.37. The number of carbonyl (C=O) groups is 1. The molecule has 0 unspecified atom stereocenters. The van der Waals surface area contributed by atoms with Crippen molar-refractivity contribution in [2.24, 2.45) is 5.92 Å². The van der Waals surface area contributed by atoms with Crippen LogP contribution in [0.5, 0.6) is 5.75 Å². The summed E-state index contributed by atoms with van der Waals surface area (Å²) in [6.45, 7) is 4.63. The predicted molar refractivity (Wildman–Crippen MR) is 122 cm³/mol. The lowest BCUT2D eigenvalue weighted by molar-refractivity contribution is -0.126. The fourth-order valence-corrected chi connectivity index (χ4v) is 5.61. The monoisotopic (exact) mass is 445 g/mol. The number of rotatable bonds is 8. The van der Waals surface area contributed by atoms with E-state index in [1.54, 1.807) is 38.3 Å². The normalized spacial score (nSPS) is 18.2. The summed E-state index contributed by atoms with van der Waals surface area (Å²) < 4.78 is 34.7. The average molecular weight is 446 g/mol. The van der Waals surface area contributed by atoms with Gasteiger partial charge in [-0.2, -0.15) is 12.7 Å². The van der Waals surface area contributed by atoms with Crippen LogP contribution in [0, 0.1) is 5.92 Å². The zero-order valence-electron chi connectivity index (χ0n) is 18.3. The number of nitrogens with zero attached hydrogens (tertiary/aromatic N) is 2. The van der Waals surface area contributed by atoms with E-state index in [2.05, 4.69) is 5.32 Å². The summed E-state index contributed by atoms with van der Waals surface area (Å²) in [5.74, 6) is 0.187. The van der Waals surface area contributed by atoms with Crippen LogP contribution in [0.3, 0.4) is 0 Å². The van der Waals surface area contributed by atoms with Crippen molar-refractivity contribution in [1.82, 2.24) is 9.62 Å². The van der Waals surface area contributed by atoms with E-state index in [1.807, 2.05) is 37.3 Å². The first-order valence-corrected chi connectivity index (χ1v) is 12.0. The Bertz CT molecular complexity index is 964. The van der Waals surface area contributed by atoms with Gasteiger partial charge in [-0.25, -0.2) is 0 Å². The van der Waals surface area contributed by atoms with Crippen molar-refractivity contribution >= 4 is 21.8 Å². The molecule has 2 atom stereocenters. The number of carbonyl (C=O) groups excluding carboxylic acids is 1. The number of benzene rings is 2. The highest BCUT2D eigenvalue weighted by Gasteiger charge is 2.36. The summed E-state index contributed by atoms with van der Waals surface area (Å²) in [5.41, 5.74) is 1.60. The Labute approximate surface area is 185 Å². The minimum Gasteiger partial charge on any atom is -0.497 e. The number of amides is 1. The van der Waals surface area contributed by atoms with Gasteiger partial charge in [0.25, 0.3) is 0 Å². The number of piperidine rings is 1. The topological polar surface area (TPSA) is 79.0 Å². The molecule has 0 bridgehead atoms. The van der Waals surface area contributed by atoms with Gasteiger partial charge >= 0.3 is 10.2 Å². The van der Waals surface area contributed by atoms with Crippen molar-refractivity contribution < 1.29 is 17.9 Å². The van der Waals surface area contributed by atoms with E-state index in [0.717, 1.165) is 5.56 Å². The minimum absolute atomic E-state index is 0.108. The Balaban J connectivity index is 1.70. The van der Waals surface area contributed by atoms with Gasteiger partial charge < -0.3 is 10.1 Å². The highest BCUT2D eigenvalue weighted by Crippen LogP contribution is 2.27. The summed E-state index contributed by atoms with van der Waals surface area (Å²) in [5, 5.41) is 3.04. The quantitative estimate of drug-likeness (QED) is 0.676. The Morgan fingerprint density at radius 1 is 1.19 bits per heavy atom. The number of hydrogen-bond acceptors (Lipinski definition) is 4. The Kier molecular flexibility index (Phi) is 7.56. The fourth-order valence-electron chi connectivity index (χ4n) is 3.89. The van der Waals surface area contributed by atoms with Crippen LogP contribution in [0.15, 0.2) is 54.6 Å². The van der Waals surface area contributed by atoms with Gasteiger partial charge in [0.2, 0.25) is 5.91 Å².